The van der Waals surface area contributed by atoms with E-state index in [0.29, 0.717) is 0 Å². The summed E-state index contributed by atoms with van der Waals surface area (Å²) >= 11 is 0. The molecule has 0 fully saturated rings. The normalized spacial score (nSPS) is 12.3. The van der Waals surface area contributed by atoms with Crippen LogP contribution in [0.4, 0.5) is 0 Å². The highest BCUT2D eigenvalue weighted by Crippen LogP contribution is 2.50. The SMILES string of the molecule is [CH2]C(C)(OC(=O)C=C)P(=O)(O)O. The van der Waals surface area contributed by atoms with Crippen LogP contribution in [0.3, 0.4) is 0 Å². The fourth-order valence-electron chi connectivity index (χ4n) is 0.318. The Bertz CT molecular complexity index is 238. The molecule has 0 aliphatic heterocycles. The molecule has 0 rings (SSSR count). The summed E-state index contributed by atoms with van der Waals surface area (Å²) in [7, 11) is -4.54. The smallest absolute Gasteiger partial charge is 0.368 e. The molecule has 0 aromatic carbocycles. The van der Waals surface area contributed by atoms with Crippen LogP contribution in [0.25, 0.3) is 0 Å². The lowest BCUT2D eigenvalue weighted by atomic mass is 10.4. The molecule has 12 heavy (non-hydrogen) atoms. The molecule has 0 aromatic rings. The Kier molecular flexibility index (Phi) is 3.21. The molecule has 1 atom stereocenters. The van der Waals surface area contributed by atoms with Crippen LogP contribution in [0.2, 0.25) is 0 Å². The highest BCUT2D eigenvalue weighted by atomic mass is 31.2. The lowest BCUT2D eigenvalue weighted by Gasteiger charge is -2.24. The van der Waals surface area contributed by atoms with Gasteiger partial charge in [0, 0.05) is 13.0 Å². The maximum absolute atomic E-state index is 10.6. The molecule has 0 aromatic heterocycles. The van der Waals surface area contributed by atoms with Gasteiger partial charge in [-0.25, -0.2) is 4.79 Å². The number of rotatable bonds is 3. The summed E-state index contributed by atoms with van der Waals surface area (Å²) in [6, 6.07) is 0. The van der Waals surface area contributed by atoms with Crippen molar-refractivity contribution in [2.75, 3.05) is 0 Å². The standard InChI is InChI=1S/C6H10O5P/c1-4-5(7)11-6(2,3)12(8,9)10/h4H,1-2H2,3H3,(H2,8,9,10). The average Bonchev–Trinajstić information content (AvgIpc) is 1.84. The molecule has 5 nitrogen and oxygen atoms in total. The first-order valence-electron chi connectivity index (χ1n) is 2.97. The van der Waals surface area contributed by atoms with Gasteiger partial charge in [-0.15, -0.1) is 0 Å². The summed E-state index contributed by atoms with van der Waals surface area (Å²) in [4.78, 5) is 27.8. The molecule has 0 aliphatic rings. The van der Waals surface area contributed by atoms with Gasteiger partial charge in [-0.1, -0.05) is 6.58 Å². The van der Waals surface area contributed by atoms with Gasteiger partial charge in [0.15, 0.2) is 0 Å². The van der Waals surface area contributed by atoms with Gasteiger partial charge in [-0.2, -0.15) is 0 Å². The quantitative estimate of drug-likeness (QED) is 0.386. The third kappa shape index (κ3) is 2.77. The molecule has 6 heteroatoms. The first-order valence-corrected chi connectivity index (χ1v) is 4.58. The van der Waals surface area contributed by atoms with Gasteiger partial charge in [0.2, 0.25) is 5.34 Å². The number of carbonyl (C=O) groups excluding carboxylic acids is 1. The van der Waals surface area contributed by atoms with Crippen molar-refractivity contribution in [1.82, 2.24) is 0 Å². The summed E-state index contributed by atoms with van der Waals surface area (Å²) in [6.45, 7) is 7.17. The second-order valence-electron chi connectivity index (χ2n) is 2.34. The van der Waals surface area contributed by atoms with Crippen LogP contribution >= 0.6 is 7.60 Å². The second kappa shape index (κ2) is 3.39. The van der Waals surface area contributed by atoms with Gasteiger partial charge >= 0.3 is 13.6 Å². The van der Waals surface area contributed by atoms with Gasteiger partial charge < -0.3 is 14.5 Å². The molecular weight excluding hydrogens is 183 g/mol. The molecule has 0 saturated carbocycles. The summed E-state index contributed by atoms with van der Waals surface area (Å²) < 4.78 is 14.9. The lowest BCUT2D eigenvalue weighted by Crippen LogP contribution is -2.27. The fourth-order valence-corrected chi connectivity index (χ4v) is 0.527. The first kappa shape index (κ1) is 11.4. The van der Waals surface area contributed by atoms with Crippen LogP contribution in [0.1, 0.15) is 6.92 Å². The van der Waals surface area contributed by atoms with Crippen LogP contribution in [-0.4, -0.2) is 21.1 Å². The summed E-state index contributed by atoms with van der Waals surface area (Å²) in [5.41, 5.74) is 0. The molecule has 0 amide bonds. The van der Waals surface area contributed by atoms with Gasteiger partial charge in [0.25, 0.3) is 0 Å². The number of carbonyl (C=O) groups is 1. The van der Waals surface area contributed by atoms with Crippen molar-refractivity contribution in [1.29, 1.82) is 0 Å². The van der Waals surface area contributed by atoms with E-state index in [9.17, 15) is 9.36 Å². The van der Waals surface area contributed by atoms with Gasteiger partial charge in [-0.3, -0.25) is 4.57 Å². The van der Waals surface area contributed by atoms with E-state index in [4.69, 9.17) is 9.79 Å². The molecule has 1 unspecified atom stereocenters. The van der Waals surface area contributed by atoms with E-state index < -0.39 is 18.9 Å². The minimum atomic E-state index is -4.54. The monoisotopic (exact) mass is 193 g/mol. The van der Waals surface area contributed by atoms with Crippen molar-refractivity contribution in [3.63, 3.8) is 0 Å². The maximum atomic E-state index is 10.6. The Morgan fingerprint density at radius 1 is 1.67 bits per heavy atom. The minimum absolute atomic E-state index is 0.805. The highest BCUT2D eigenvalue weighted by Gasteiger charge is 2.41. The van der Waals surface area contributed by atoms with Crippen molar-refractivity contribution in [3.8, 4) is 0 Å². The van der Waals surface area contributed by atoms with E-state index in [0.717, 1.165) is 13.0 Å². The van der Waals surface area contributed by atoms with Crippen molar-refractivity contribution < 1.29 is 23.9 Å². The van der Waals surface area contributed by atoms with Crippen LogP contribution < -0.4 is 0 Å². The van der Waals surface area contributed by atoms with Crippen LogP contribution in [0.15, 0.2) is 12.7 Å². The van der Waals surface area contributed by atoms with E-state index in [2.05, 4.69) is 18.2 Å². The van der Waals surface area contributed by atoms with Gasteiger partial charge in [0.05, 0.1) is 0 Å². The molecule has 0 heterocycles. The van der Waals surface area contributed by atoms with Crippen LogP contribution in [0, 0.1) is 6.92 Å². The Morgan fingerprint density at radius 2 is 2.08 bits per heavy atom. The molecule has 2 N–H and O–H groups in total. The predicted molar refractivity (Wildman–Crippen MR) is 42.1 cm³/mol. The first-order chi connectivity index (χ1) is 5.20. The minimum Gasteiger partial charge on any atom is -0.443 e. The van der Waals surface area contributed by atoms with Crippen LogP contribution in [-0.2, 0) is 14.1 Å². The van der Waals surface area contributed by atoms with E-state index in [-0.39, 0.29) is 0 Å². The number of hydrogen-bond donors (Lipinski definition) is 2. The van der Waals surface area contributed by atoms with Crippen molar-refractivity contribution in [2.45, 2.75) is 12.3 Å². The van der Waals surface area contributed by atoms with E-state index in [1.807, 2.05) is 0 Å². The van der Waals surface area contributed by atoms with E-state index >= 15 is 0 Å². The van der Waals surface area contributed by atoms with E-state index in [1.165, 1.54) is 0 Å². The lowest BCUT2D eigenvalue weighted by molar-refractivity contribution is -0.143. The highest BCUT2D eigenvalue weighted by molar-refractivity contribution is 7.53. The Morgan fingerprint density at radius 3 is 2.33 bits per heavy atom. The Hall–Kier alpha value is -0.640. The van der Waals surface area contributed by atoms with Crippen molar-refractivity contribution in [2.24, 2.45) is 0 Å². The van der Waals surface area contributed by atoms with E-state index in [1.54, 1.807) is 0 Å². The third-order valence-corrected chi connectivity index (χ3v) is 2.43. The largest absolute Gasteiger partial charge is 0.443 e. The molecule has 69 valence electrons. The Balaban J connectivity index is 4.54. The zero-order valence-electron chi connectivity index (χ0n) is 6.56. The topological polar surface area (TPSA) is 83.8 Å². The molecule has 0 bridgehead atoms. The zero-order valence-corrected chi connectivity index (χ0v) is 7.45. The summed E-state index contributed by atoms with van der Waals surface area (Å²) in [5, 5.41) is -2.04. The van der Waals surface area contributed by atoms with Crippen molar-refractivity contribution >= 4 is 13.6 Å². The molecule has 1 radical (unpaired) electrons. The predicted octanol–water partition coefficient (Wildman–Crippen LogP) is 0.444. The molecular formula is C6H10O5P. The average molecular weight is 193 g/mol. The summed E-state index contributed by atoms with van der Waals surface area (Å²) in [6.07, 6.45) is 0.805. The fraction of sp³-hybridized carbons (Fsp3) is 0.333. The molecule has 0 saturated heterocycles. The Labute approximate surface area is 70.2 Å². The summed E-state index contributed by atoms with van der Waals surface area (Å²) in [5.74, 6) is -0.921. The molecule has 0 spiro atoms. The second-order valence-corrected chi connectivity index (χ2v) is 4.38. The van der Waals surface area contributed by atoms with Gasteiger partial charge in [-0.05, 0) is 6.92 Å². The van der Waals surface area contributed by atoms with Crippen LogP contribution in [0.5, 0.6) is 0 Å². The number of ether oxygens (including phenoxy) is 1. The maximum Gasteiger partial charge on any atom is 0.368 e. The molecule has 0 aliphatic carbocycles. The number of hydrogen-bond acceptors (Lipinski definition) is 3. The zero-order chi connectivity index (χ0) is 9.99. The number of esters is 1. The third-order valence-electron chi connectivity index (χ3n) is 1.10. The van der Waals surface area contributed by atoms with Gasteiger partial charge in [0.1, 0.15) is 0 Å². The van der Waals surface area contributed by atoms with Crippen molar-refractivity contribution in [3.05, 3.63) is 19.6 Å².